The molecule has 0 bridgehead atoms. The predicted molar refractivity (Wildman–Crippen MR) is 99.8 cm³/mol. The molecule has 0 amide bonds. The number of alkyl halides is 3. The zero-order valence-corrected chi connectivity index (χ0v) is 16.3. The lowest BCUT2D eigenvalue weighted by Gasteiger charge is -2.18. The van der Waals surface area contributed by atoms with Crippen molar-refractivity contribution >= 4 is 5.97 Å². The van der Waals surface area contributed by atoms with E-state index in [2.05, 4.69) is 4.98 Å². The molecular weight excluding hydrogens is 371 g/mol. The molecule has 2 aromatic rings. The summed E-state index contributed by atoms with van der Waals surface area (Å²) < 4.78 is 43.8. The maximum atomic E-state index is 12.8. The van der Waals surface area contributed by atoms with Crippen LogP contribution in [0.4, 0.5) is 13.2 Å². The van der Waals surface area contributed by atoms with Gasteiger partial charge in [0.15, 0.2) is 6.61 Å². The van der Waals surface area contributed by atoms with Crippen LogP contribution in [0.1, 0.15) is 60.6 Å². The number of carbonyl (C=O) groups is 1. The van der Waals surface area contributed by atoms with Crippen LogP contribution >= 0.6 is 0 Å². The Labute approximate surface area is 162 Å². The number of carboxylic acid groups (broad SMARTS) is 1. The van der Waals surface area contributed by atoms with Gasteiger partial charge in [-0.15, -0.1) is 0 Å². The van der Waals surface area contributed by atoms with Gasteiger partial charge in [-0.1, -0.05) is 32.9 Å². The third-order valence-corrected chi connectivity index (χ3v) is 4.56. The van der Waals surface area contributed by atoms with Gasteiger partial charge in [-0.3, -0.25) is 4.98 Å². The van der Waals surface area contributed by atoms with Gasteiger partial charge >= 0.3 is 12.1 Å². The van der Waals surface area contributed by atoms with E-state index in [1.54, 1.807) is 13.0 Å². The number of carboxylic acids is 1. The molecule has 4 nitrogen and oxygen atoms in total. The Balaban J connectivity index is 2.23. The van der Waals surface area contributed by atoms with Crippen LogP contribution in [0.5, 0.6) is 5.75 Å². The summed E-state index contributed by atoms with van der Waals surface area (Å²) in [4.78, 5) is 14.3. The van der Waals surface area contributed by atoms with E-state index in [1.807, 2.05) is 32.9 Å². The minimum Gasteiger partial charge on any atom is -0.482 e. The summed E-state index contributed by atoms with van der Waals surface area (Å²) in [5.41, 5.74) is 2.33. The fourth-order valence-corrected chi connectivity index (χ4v) is 3.15. The van der Waals surface area contributed by atoms with Crippen molar-refractivity contribution in [3.05, 3.63) is 58.4 Å². The first-order chi connectivity index (χ1) is 13.0. The van der Waals surface area contributed by atoms with Gasteiger partial charge < -0.3 is 9.84 Å². The van der Waals surface area contributed by atoms with Crippen molar-refractivity contribution in [1.29, 1.82) is 0 Å². The van der Waals surface area contributed by atoms with Crippen molar-refractivity contribution in [3.63, 3.8) is 0 Å². The van der Waals surface area contributed by atoms with Crippen LogP contribution in [0.2, 0.25) is 0 Å². The first kappa shape index (κ1) is 21.7. The Bertz CT molecular complexity index is 847. The number of rotatable bonds is 7. The minimum absolute atomic E-state index is 0.0272. The fraction of sp³-hybridized carbons (Fsp3) is 0.429. The Hall–Kier alpha value is -2.57. The SMILES string of the molecule is Cc1cc(C(F)(F)F)ncc1[C@@H](C)Cc1ccc(OCC(=O)O)c(C(C)C)c1. The summed E-state index contributed by atoms with van der Waals surface area (Å²) in [6.07, 6.45) is -2.53. The molecule has 1 heterocycles. The number of nitrogens with zero attached hydrogens (tertiary/aromatic N) is 1. The quantitative estimate of drug-likeness (QED) is 0.687. The highest BCUT2D eigenvalue weighted by Gasteiger charge is 2.32. The van der Waals surface area contributed by atoms with E-state index in [1.165, 1.54) is 6.20 Å². The highest BCUT2D eigenvalue weighted by atomic mass is 19.4. The van der Waals surface area contributed by atoms with Gasteiger partial charge in [-0.25, -0.2) is 4.79 Å². The van der Waals surface area contributed by atoms with Gasteiger partial charge in [0, 0.05) is 6.20 Å². The van der Waals surface area contributed by atoms with Crippen LogP contribution in [0.15, 0.2) is 30.5 Å². The number of halogens is 3. The first-order valence-corrected chi connectivity index (χ1v) is 9.00. The van der Waals surface area contributed by atoms with Gasteiger partial charge in [0.05, 0.1) is 0 Å². The van der Waals surface area contributed by atoms with Crippen molar-refractivity contribution in [2.75, 3.05) is 6.61 Å². The molecule has 152 valence electrons. The lowest BCUT2D eigenvalue weighted by atomic mass is 9.90. The fourth-order valence-electron chi connectivity index (χ4n) is 3.15. The molecular formula is C21H24F3NO3. The van der Waals surface area contributed by atoms with Gasteiger partial charge in [0.25, 0.3) is 0 Å². The Kier molecular flexibility index (Phi) is 6.69. The average molecular weight is 395 g/mol. The number of aliphatic carboxylic acids is 1. The van der Waals surface area contributed by atoms with Crippen LogP contribution in [0, 0.1) is 6.92 Å². The molecule has 0 saturated heterocycles. The maximum absolute atomic E-state index is 12.8. The standard InChI is InChI=1S/C21H24F3NO3/c1-12(2)16-9-15(5-6-18(16)28-11-20(26)27)7-13(3)17-10-25-19(8-14(17)4)21(22,23)24/h5-6,8-10,12-13H,7,11H2,1-4H3,(H,26,27)/t13-/m0/s1. The number of hydrogen-bond acceptors (Lipinski definition) is 3. The molecule has 0 fully saturated rings. The van der Waals surface area contributed by atoms with E-state index < -0.39 is 24.4 Å². The number of aromatic nitrogens is 1. The molecule has 0 aliphatic heterocycles. The second-order valence-corrected chi connectivity index (χ2v) is 7.24. The van der Waals surface area contributed by atoms with E-state index in [9.17, 15) is 18.0 Å². The van der Waals surface area contributed by atoms with Gasteiger partial charge in [0.2, 0.25) is 0 Å². The summed E-state index contributed by atoms with van der Waals surface area (Å²) in [6.45, 7) is 7.17. The van der Waals surface area contributed by atoms with E-state index in [4.69, 9.17) is 9.84 Å². The molecule has 0 saturated carbocycles. The smallest absolute Gasteiger partial charge is 0.433 e. The number of ether oxygens (including phenoxy) is 1. The lowest BCUT2D eigenvalue weighted by molar-refractivity contribution is -0.141. The third kappa shape index (κ3) is 5.47. The van der Waals surface area contributed by atoms with E-state index in [-0.39, 0.29) is 11.8 Å². The van der Waals surface area contributed by atoms with Crippen LogP contribution in [0.25, 0.3) is 0 Å². The van der Waals surface area contributed by atoms with E-state index >= 15 is 0 Å². The molecule has 0 aliphatic carbocycles. The topological polar surface area (TPSA) is 59.4 Å². The van der Waals surface area contributed by atoms with Gasteiger partial charge in [-0.2, -0.15) is 13.2 Å². The van der Waals surface area contributed by atoms with E-state index in [0.717, 1.165) is 22.8 Å². The molecule has 1 atom stereocenters. The third-order valence-electron chi connectivity index (χ3n) is 4.56. The number of pyridine rings is 1. The average Bonchev–Trinajstić information content (AvgIpc) is 2.59. The summed E-state index contributed by atoms with van der Waals surface area (Å²) in [7, 11) is 0. The zero-order chi connectivity index (χ0) is 21.1. The van der Waals surface area contributed by atoms with Crippen LogP contribution in [-0.4, -0.2) is 22.7 Å². The second-order valence-electron chi connectivity index (χ2n) is 7.24. The molecule has 0 unspecified atom stereocenters. The number of hydrogen-bond donors (Lipinski definition) is 1. The monoisotopic (exact) mass is 395 g/mol. The molecule has 0 spiro atoms. The summed E-state index contributed by atoms with van der Waals surface area (Å²) in [5, 5.41) is 8.80. The van der Waals surface area contributed by atoms with Crippen molar-refractivity contribution in [2.24, 2.45) is 0 Å². The molecule has 1 N–H and O–H groups in total. The molecule has 28 heavy (non-hydrogen) atoms. The van der Waals surface area contributed by atoms with E-state index in [0.29, 0.717) is 17.7 Å². The maximum Gasteiger partial charge on any atom is 0.433 e. The highest BCUT2D eigenvalue weighted by molar-refractivity contribution is 5.68. The van der Waals surface area contributed by atoms with Crippen molar-refractivity contribution in [1.82, 2.24) is 4.98 Å². The zero-order valence-electron chi connectivity index (χ0n) is 16.3. The lowest BCUT2D eigenvalue weighted by Crippen LogP contribution is -2.12. The Morgan fingerprint density at radius 2 is 1.86 bits per heavy atom. The second kappa shape index (κ2) is 8.63. The molecule has 0 aliphatic rings. The molecule has 7 heteroatoms. The highest BCUT2D eigenvalue weighted by Crippen LogP contribution is 2.32. The van der Waals surface area contributed by atoms with Crippen LogP contribution in [-0.2, 0) is 17.4 Å². The van der Waals surface area contributed by atoms with Crippen molar-refractivity contribution in [3.8, 4) is 5.75 Å². The predicted octanol–water partition coefficient (Wildman–Crippen LogP) is 5.34. The minimum atomic E-state index is -4.45. The molecule has 0 radical (unpaired) electrons. The molecule has 1 aromatic carbocycles. The number of benzene rings is 1. The summed E-state index contributed by atoms with van der Waals surface area (Å²) >= 11 is 0. The Morgan fingerprint density at radius 1 is 1.18 bits per heavy atom. The Morgan fingerprint density at radius 3 is 2.39 bits per heavy atom. The van der Waals surface area contributed by atoms with Gasteiger partial charge in [-0.05, 0) is 59.6 Å². The first-order valence-electron chi connectivity index (χ1n) is 9.00. The molecule has 1 aromatic heterocycles. The molecule has 2 rings (SSSR count). The van der Waals surface area contributed by atoms with Crippen molar-refractivity contribution in [2.45, 2.75) is 52.1 Å². The van der Waals surface area contributed by atoms with Gasteiger partial charge in [0.1, 0.15) is 11.4 Å². The van der Waals surface area contributed by atoms with Crippen molar-refractivity contribution < 1.29 is 27.8 Å². The summed E-state index contributed by atoms with van der Waals surface area (Å²) in [5.74, 6) is -0.409. The number of aryl methyl sites for hydroxylation is 1. The largest absolute Gasteiger partial charge is 0.482 e. The van der Waals surface area contributed by atoms with Crippen LogP contribution < -0.4 is 4.74 Å². The van der Waals surface area contributed by atoms with Crippen LogP contribution in [0.3, 0.4) is 0 Å². The summed E-state index contributed by atoms with van der Waals surface area (Å²) in [6, 6.07) is 6.64. The normalized spacial score (nSPS) is 12.9.